The van der Waals surface area contributed by atoms with Crippen molar-refractivity contribution in [2.45, 2.75) is 37.8 Å². The summed E-state index contributed by atoms with van der Waals surface area (Å²) in [4.78, 5) is 36.7. The molecule has 1 aromatic carbocycles. The normalized spacial score (nSPS) is 10.7. The minimum Gasteiger partial charge on any atom is -0.550 e. The van der Waals surface area contributed by atoms with Crippen LogP contribution in [0.25, 0.3) is 0 Å². The predicted molar refractivity (Wildman–Crippen MR) is 95.9 cm³/mol. The number of aryl methyl sites for hydroxylation is 1. The second-order valence-electron chi connectivity index (χ2n) is 5.89. The molecule has 0 spiro atoms. The van der Waals surface area contributed by atoms with Crippen LogP contribution < -0.4 is 16.0 Å². The lowest BCUT2D eigenvalue weighted by Gasteiger charge is -2.08. The van der Waals surface area contributed by atoms with Crippen molar-refractivity contribution in [3.8, 4) is 0 Å². The van der Waals surface area contributed by atoms with Gasteiger partial charge in [-0.1, -0.05) is 37.7 Å². The number of nitrogens with one attached hydrogen (secondary N) is 2. The number of H-pyrrole nitrogens is 1. The SMILES string of the molecule is CC(C)c1ccc(NC(=O)CSc2nnc(CCC(=O)[O-])c(=O)[nH]2)cc1. The van der Waals surface area contributed by atoms with E-state index in [2.05, 4.69) is 34.3 Å². The Morgan fingerprint density at radius 2 is 1.92 bits per heavy atom. The van der Waals surface area contributed by atoms with E-state index in [4.69, 9.17) is 0 Å². The van der Waals surface area contributed by atoms with Crippen molar-refractivity contribution in [1.29, 1.82) is 0 Å². The van der Waals surface area contributed by atoms with Crippen molar-refractivity contribution in [1.82, 2.24) is 15.2 Å². The molecule has 2 N–H and O–H groups in total. The molecule has 0 saturated heterocycles. The fourth-order valence-electron chi connectivity index (χ4n) is 2.08. The number of hydrogen-bond acceptors (Lipinski definition) is 7. The number of carbonyl (C=O) groups is 2. The third-order valence-corrected chi connectivity index (χ3v) is 4.37. The number of aromatic nitrogens is 3. The van der Waals surface area contributed by atoms with E-state index in [0.717, 1.165) is 11.8 Å². The highest BCUT2D eigenvalue weighted by Crippen LogP contribution is 2.17. The van der Waals surface area contributed by atoms with Crippen LogP contribution in [-0.4, -0.2) is 32.8 Å². The quantitative estimate of drug-likeness (QED) is 0.650. The molecule has 0 aliphatic rings. The van der Waals surface area contributed by atoms with Crippen molar-refractivity contribution in [2.75, 3.05) is 11.1 Å². The molecule has 1 heterocycles. The van der Waals surface area contributed by atoms with Crippen LogP contribution >= 0.6 is 11.8 Å². The van der Waals surface area contributed by atoms with Gasteiger partial charge in [-0.3, -0.25) is 14.6 Å². The number of anilines is 1. The minimum absolute atomic E-state index is 0.0215. The molecule has 0 aliphatic heterocycles. The lowest BCUT2D eigenvalue weighted by Crippen LogP contribution is -2.25. The maximum atomic E-state index is 12.0. The van der Waals surface area contributed by atoms with Crippen LogP contribution in [0.4, 0.5) is 5.69 Å². The van der Waals surface area contributed by atoms with Crippen LogP contribution in [-0.2, 0) is 16.0 Å². The minimum atomic E-state index is -1.26. The van der Waals surface area contributed by atoms with Crippen LogP contribution in [0.1, 0.15) is 37.4 Å². The molecule has 138 valence electrons. The van der Waals surface area contributed by atoms with Gasteiger partial charge in [0.2, 0.25) is 5.91 Å². The molecule has 0 aliphatic carbocycles. The summed E-state index contributed by atoms with van der Waals surface area (Å²) in [7, 11) is 0. The highest BCUT2D eigenvalue weighted by Gasteiger charge is 2.09. The summed E-state index contributed by atoms with van der Waals surface area (Å²) in [5.41, 5.74) is 1.38. The first kappa shape index (κ1) is 19.6. The first-order chi connectivity index (χ1) is 12.3. The number of carbonyl (C=O) groups excluding carboxylic acids is 2. The zero-order chi connectivity index (χ0) is 19.1. The summed E-state index contributed by atoms with van der Waals surface area (Å²) >= 11 is 1.03. The van der Waals surface area contributed by atoms with Crippen LogP contribution in [0.15, 0.2) is 34.2 Å². The fraction of sp³-hybridized carbons (Fsp3) is 0.353. The van der Waals surface area contributed by atoms with Crippen molar-refractivity contribution in [3.05, 3.63) is 45.9 Å². The number of amides is 1. The number of carboxylic acid groups (broad SMARTS) is 1. The fourth-order valence-corrected chi connectivity index (χ4v) is 2.68. The van der Waals surface area contributed by atoms with Gasteiger partial charge in [0.05, 0.1) is 5.75 Å². The molecule has 0 radical (unpaired) electrons. The van der Waals surface area contributed by atoms with Crippen LogP contribution in [0.5, 0.6) is 0 Å². The number of carboxylic acids is 1. The number of thioether (sulfide) groups is 1. The maximum Gasteiger partial charge on any atom is 0.273 e. The first-order valence-electron chi connectivity index (χ1n) is 8.03. The average Bonchev–Trinajstić information content (AvgIpc) is 2.59. The Balaban J connectivity index is 1.87. The monoisotopic (exact) mass is 375 g/mol. The van der Waals surface area contributed by atoms with Crippen molar-refractivity contribution in [2.24, 2.45) is 0 Å². The topological polar surface area (TPSA) is 128 Å². The lowest BCUT2D eigenvalue weighted by atomic mass is 10.0. The Kier molecular flexibility index (Phi) is 6.90. The van der Waals surface area contributed by atoms with E-state index >= 15 is 0 Å². The van der Waals surface area contributed by atoms with Crippen LogP contribution in [0.3, 0.4) is 0 Å². The Morgan fingerprint density at radius 3 is 2.50 bits per heavy atom. The van der Waals surface area contributed by atoms with Gasteiger partial charge in [-0.15, -0.1) is 10.2 Å². The second kappa shape index (κ2) is 9.14. The Hall–Kier alpha value is -2.68. The highest BCUT2D eigenvalue weighted by atomic mass is 32.2. The van der Waals surface area contributed by atoms with Crippen molar-refractivity contribution in [3.63, 3.8) is 0 Å². The Labute approximate surface area is 154 Å². The zero-order valence-corrected chi connectivity index (χ0v) is 15.3. The smallest absolute Gasteiger partial charge is 0.273 e. The first-order valence-corrected chi connectivity index (χ1v) is 9.02. The van der Waals surface area contributed by atoms with E-state index in [1.165, 1.54) is 5.56 Å². The lowest BCUT2D eigenvalue weighted by molar-refractivity contribution is -0.305. The summed E-state index contributed by atoms with van der Waals surface area (Å²) in [6.45, 7) is 4.19. The number of nitrogens with zero attached hydrogens (tertiary/aromatic N) is 2. The van der Waals surface area contributed by atoms with Gasteiger partial charge < -0.3 is 15.2 Å². The molecule has 9 heteroatoms. The summed E-state index contributed by atoms with van der Waals surface area (Å²) in [6, 6.07) is 7.60. The van der Waals surface area contributed by atoms with Gasteiger partial charge in [-0.2, -0.15) is 0 Å². The molecule has 0 bridgehead atoms. The number of hydrogen-bond donors (Lipinski definition) is 2. The summed E-state index contributed by atoms with van der Waals surface area (Å²) < 4.78 is 0. The van der Waals surface area contributed by atoms with Crippen LogP contribution in [0.2, 0.25) is 0 Å². The summed E-state index contributed by atoms with van der Waals surface area (Å²) in [6.07, 6.45) is -0.356. The number of aromatic amines is 1. The standard InChI is InChI=1S/C17H20N4O4S/c1-10(2)11-3-5-12(6-4-11)18-14(22)9-26-17-19-16(25)13(20-21-17)7-8-15(23)24/h3-6,10H,7-9H2,1-2H3,(H,18,22)(H,23,24)(H,19,21,25)/p-1. The van der Waals surface area contributed by atoms with Gasteiger partial charge in [0.25, 0.3) is 5.56 Å². The number of rotatable bonds is 8. The Bertz CT molecular complexity index is 833. The molecular formula is C17H19N4O4S-. The molecule has 2 aromatic rings. The van der Waals surface area contributed by atoms with E-state index < -0.39 is 11.5 Å². The molecule has 8 nitrogen and oxygen atoms in total. The van der Waals surface area contributed by atoms with E-state index in [-0.39, 0.29) is 35.4 Å². The molecule has 0 fully saturated rings. The van der Waals surface area contributed by atoms with E-state index in [1.54, 1.807) is 0 Å². The average molecular weight is 375 g/mol. The molecular weight excluding hydrogens is 356 g/mol. The van der Waals surface area contributed by atoms with Crippen molar-refractivity contribution < 1.29 is 14.7 Å². The van der Waals surface area contributed by atoms with Gasteiger partial charge in [-0.25, -0.2) is 0 Å². The zero-order valence-electron chi connectivity index (χ0n) is 14.4. The van der Waals surface area contributed by atoms with Gasteiger partial charge in [0, 0.05) is 18.1 Å². The number of aliphatic carboxylic acids is 1. The molecule has 0 unspecified atom stereocenters. The van der Waals surface area contributed by atoms with Gasteiger partial charge >= 0.3 is 0 Å². The summed E-state index contributed by atoms with van der Waals surface area (Å²) in [5, 5.41) is 20.9. The predicted octanol–water partition coefficient (Wildman–Crippen LogP) is 0.702. The third-order valence-electron chi connectivity index (χ3n) is 3.51. The van der Waals surface area contributed by atoms with E-state index in [9.17, 15) is 19.5 Å². The van der Waals surface area contributed by atoms with Gasteiger partial charge in [0.15, 0.2) is 5.16 Å². The molecule has 1 aromatic heterocycles. The molecule has 0 atom stereocenters. The molecule has 0 saturated carbocycles. The largest absolute Gasteiger partial charge is 0.550 e. The molecule has 26 heavy (non-hydrogen) atoms. The second-order valence-corrected chi connectivity index (χ2v) is 6.86. The van der Waals surface area contributed by atoms with Crippen molar-refractivity contribution >= 4 is 29.3 Å². The third kappa shape index (κ3) is 5.99. The number of benzene rings is 1. The Morgan fingerprint density at radius 1 is 1.23 bits per heavy atom. The van der Waals surface area contributed by atoms with Gasteiger partial charge in [0.1, 0.15) is 5.69 Å². The summed E-state index contributed by atoms with van der Waals surface area (Å²) in [5.74, 6) is -1.03. The van der Waals surface area contributed by atoms with Crippen LogP contribution in [0, 0.1) is 0 Å². The van der Waals surface area contributed by atoms with E-state index in [0.29, 0.717) is 11.6 Å². The maximum absolute atomic E-state index is 12.0. The highest BCUT2D eigenvalue weighted by molar-refractivity contribution is 7.99. The van der Waals surface area contributed by atoms with Gasteiger partial charge in [-0.05, 0) is 30.0 Å². The van der Waals surface area contributed by atoms with E-state index in [1.807, 2.05) is 24.3 Å². The molecule has 2 rings (SSSR count). The molecule has 1 amide bonds.